The lowest BCUT2D eigenvalue weighted by Crippen LogP contribution is -2.57. The Labute approximate surface area is 204 Å². The molecule has 1 saturated heterocycles. The van der Waals surface area contributed by atoms with Crippen LogP contribution in [-0.4, -0.2) is 78.0 Å². The number of hydrogen-bond donors (Lipinski definition) is 3. The van der Waals surface area contributed by atoms with E-state index in [2.05, 4.69) is 20.5 Å². The van der Waals surface area contributed by atoms with Gasteiger partial charge in [-0.3, -0.25) is 14.6 Å². The molecule has 0 radical (unpaired) electrons. The minimum absolute atomic E-state index is 0. The lowest BCUT2D eigenvalue weighted by atomic mass is 10.1. The van der Waals surface area contributed by atoms with Crippen LogP contribution in [0.4, 0.5) is 4.79 Å². The van der Waals surface area contributed by atoms with Gasteiger partial charge in [-0.2, -0.15) is 0 Å². The number of nitrogens with one attached hydrogen (secondary N) is 2. The molecule has 1 aromatic carbocycles. The summed E-state index contributed by atoms with van der Waals surface area (Å²) in [7, 11) is 0. The van der Waals surface area contributed by atoms with E-state index in [1.807, 2.05) is 32.9 Å². The highest BCUT2D eigenvalue weighted by Gasteiger charge is 2.36. The first-order valence-electron chi connectivity index (χ1n) is 10.3. The SMILES string of the molecule is CC(C)(C)OC(=O)N1CCN2C(NCc3ccc(C(=O)NCC(N)=O)cc3)=NCC2C1.I. The zero-order chi connectivity index (χ0) is 22.6. The predicted molar refractivity (Wildman–Crippen MR) is 131 cm³/mol. The molecule has 0 spiro atoms. The molecule has 0 aromatic heterocycles. The van der Waals surface area contributed by atoms with Crippen LogP contribution < -0.4 is 16.4 Å². The van der Waals surface area contributed by atoms with E-state index >= 15 is 0 Å². The van der Waals surface area contributed by atoms with E-state index in [9.17, 15) is 14.4 Å². The van der Waals surface area contributed by atoms with Crippen molar-refractivity contribution in [3.63, 3.8) is 0 Å². The van der Waals surface area contributed by atoms with Gasteiger partial charge in [0, 0.05) is 31.7 Å². The fourth-order valence-corrected chi connectivity index (χ4v) is 3.45. The molecule has 0 aliphatic carbocycles. The van der Waals surface area contributed by atoms with Crippen molar-refractivity contribution in [2.75, 3.05) is 32.7 Å². The van der Waals surface area contributed by atoms with Crippen molar-refractivity contribution in [2.45, 2.75) is 39.0 Å². The van der Waals surface area contributed by atoms with Gasteiger partial charge in [-0.15, -0.1) is 24.0 Å². The molecule has 176 valence electrons. The molecule has 10 nitrogen and oxygen atoms in total. The quantitative estimate of drug-likeness (QED) is 0.461. The number of halogens is 1. The van der Waals surface area contributed by atoms with Crippen molar-refractivity contribution in [3.8, 4) is 0 Å². The van der Waals surface area contributed by atoms with Crippen molar-refractivity contribution < 1.29 is 19.1 Å². The standard InChI is InChI=1S/C21H30N6O4.HI/c1-21(2,3)31-20(30)26-8-9-27-16(13-26)11-25-19(27)24-10-14-4-6-15(7-5-14)18(29)23-12-17(22)28;/h4-7,16H,8-13H2,1-3H3,(H2,22,28)(H,23,29)(H,24,25);1H. The van der Waals surface area contributed by atoms with Crippen LogP contribution in [0, 0.1) is 0 Å². The average molecular weight is 558 g/mol. The number of piperazine rings is 1. The fourth-order valence-electron chi connectivity index (χ4n) is 3.45. The third-order valence-corrected chi connectivity index (χ3v) is 4.95. The number of benzene rings is 1. The van der Waals surface area contributed by atoms with Gasteiger partial charge in [-0.05, 0) is 38.5 Å². The molecule has 32 heavy (non-hydrogen) atoms. The molecule has 2 aliphatic rings. The molecule has 3 amide bonds. The molecule has 1 unspecified atom stereocenters. The van der Waals surface area contributed by atoms with E-state index in [0.29, 0.717) is 38.3 Å². The van der Waals surface area contributed by atoms with Crippen molar-refractivity contribution in [3.05, 3.63) is 35.4 Å². The minimum atomic E-state index is -0.586. The third kappa shape index (κ3) is 6.97. The van der Waals surface area contributed by atoms with Gasteiger partial charge >= 0.3 is 6.09 Å². The number of primary amides is 1. The van der Waals surface area contributed by atoms with Gasteiger partial charge in [0.25, 0.3) is 5.91 Å². The highest BCUT2D eigenvalue weighted by Crippen LogP contribution is 2.19. The molecule has 0 bridgehead atoms. The van der Waals surface area contributed by atoms with Gasteiger partial charge in [0.1, 0.15) is 5.60 Å². The Morgan fingerprint density at radius 1 is 1.19 bits per heavy atom. The third-order valence-electron chi connectivity index (χ3n) is 4.95. The van der Waals surface area contributed by atoms with Gasteiger partial charge in [0.15, 0.2) is 5.96 Å². The number of fused-ring (bicyclic) bond motifs is 1. The summed E-state index contributed by atoms with van der Waals surface area (Å²) in [6, 6.07) is 7.23. The molecular formula is C21H31IN6O4. The number of carbonyl (C=O) groups excluding carboxylic acids is 3. The zero-order valence-electron chi connectivity index (χ0n) is 18.6. The van der Waals surface area contributed by atoms with Gasteiger partial charge < -0.3 is 30.9 Å². The summed E-state index contributed by atoms with van der Waals surface area (Å²) in [6.07, 6.45) is -0.284. The van der Waals surface area contributed by atoms with Crippen LogP contribution in [0.3, 0.4) is 0 Å². The Bertz CT molecular complexity index is 868. The number of carbonyl (C=O) groups is 3. The van der Waals surface area contributed by atoms with Gasteiger partial charge in [0.2, 0.25) is 5.91 Å². The van der Waals surface area contributed by atoms with Crippen LogP contribution in [0.25, 0.3) is 0 Å². The maximum absolute atomic E-state index is 12.3. The highest BCUT2D eigenvalue weighted by molar-refractivity contribution is 14.0. The largest absolute Gasteiger partial charge is 0.444 e. The molecule has 1 fully saturated rings. The number of nitrogens with zero attached hydrogens (tertiary/aromatic N) is 3. The first kappa shape index (κ1) is 25.7. The monoisotopic (exact) mass is 558 g/mol. The first-order chi connectivity index (χ1) is 14.6. The van der Waals surface area contributed by atoms with Crippen LogP contribution in [0.2, 0.25) is 0 Å². The van der Waals surface area contributed by atoms with Crippen molar-refractivity contribution in [2.24, 2.45) is 10.7 Å². The molecule has 1 aromatic rings. The van der Waals surface area contributed by atoms with E-state index < -0.39 is 11.5 Å². The number of hydrogen-bond acceptors (Lipinski definition) is 7. The Balaban J connectivity index is 0.00000363. The Kier molecular flexibility index (Phi) is 8.70. The van der Waals surface area contributed by atoms with Crippen LogP contribution in [-0.2, 0) is 16.1 Å². The number of rotatable bonds is 5. The lowest BCUT2D eigenvalue weighted by molar-refractivity contribution is -0.117. The van der Waals surface area contributed by atoms with Crippen LogP contribution >= 0.6 is 24.0 Å². The second kappa shape index (κ2) is 10.8. The van der Waals surface area contributed by atoms with Crippen molar-refractivity contribution in [1.82, 2.24) is 20.4 Å². The lowest BCUT2D eigenvalue weighted by Gasteiger charge is -2.39. The highest BCUT2D eigenvalue weighted by atomic mass is 127. The summed E-state index contributed by atoms with van der Waals surface area (Å²) in [4.78, 5) is 43.6. The zero-order valence-corrected chi connectivity index (χ0v) is 20.9. The van der Waals surface area contributed by atoms with Crippen molar-refractivity contribution >= 4 is 47.8 Å². The Morgan fingerprint density at radius 3 is 2.50 bits per heavy atom. The number of ether oxygens (including phenoxy) is 1. The summed E-state index contributed by atoms with van der Waals surface area (Å²) in [6.45, 7) is 8.44. The summed E-state index contributed by atoms with van der Waals surface area (Å²) >= 11 is 0. The van der Waals surface area contributed by atoms with Crippen molar-refractivity contribution in [1.29, 1.82) is 0 Å². The number of aliphatic imine (C=N–C) groups is 1. The molecule has 4 N–H and O–H groups in total. The topological polar surface area (TPSA) is 129 Å². The van der Waals surface area contributed by atoms with Crippen LogP contribution in [0.15, 0.2) is 29.3 Å². The van der Waals surface area contributed by atoms with E-state index in [-0.39, 0.29) is 48.6 Å². The molecule has 11 heteroatoms. The van der Waals surface area contributed by atoms with Crippen LogP contribution in [0.5, 0.6) is 0 Å². The van der Waals surface area contributed by atoms with Crippen LogP contribution in [0.1, 0.15) is 36.7 Å². The second-order valence-electron chi connectivity index (χ2n) is 8.64. The Hall–Kier alpha value is -2.57. The van der Waals surface area contributed by atoms with Gasteiger partial charge in [-0.1, -0.05) is 12.1 Å². The van der Waals surface area contributed by atoms with E-state index in [0.717, 1.165) is 11.5 Å². The van der Waals surface area contributed by atoms with E-state index in [1.165, 1.54) is 0 Å². The maximum atomic E-state index is 12.3. The molecule has 2 aliphatic heterocycles. The smallest absolute Gasteiger partial charge is 0.410 e. The summed E-state index contributed by atoms with van der Waals surface area (Å²) in [5.41, 5.74) is 5.97. The minimum Gasteiger partial charge on any atom is -0.444 e. The predicted octanol–water partition coefficient (Wildman–Crippen LogP) is 0.900. The fraction of sp³-hybridized carbons (Fsp3) is 0.524. The molecule has 3 rings (SSSR count). The summed E-state index contributed by atoms with van der Waals surface area (Å²) in [5.74, 6) is -0.113. The molecular weight excluding hydrogens is 527 g/mol. The number of guanidine groups is 1. The summed E-state index contributed by atoms with van der Waals surface area (Å²) in [5, 5.41) is 5.81. The van der Waals surface area contributed by atoms with Gasteiger partial charge in [0.05, 0.1) is 19.1 Å². The normalized spacial score (nSPS) is 17.6. The molecule has 0 saturated carbocycles. The number of amides is 3. The maximum Gasteiger partial charge on any atom is 0.410 e. The molecule has 2 heterocycles. The van der Waals surface area contributed by atoms with E-state index in [1.54, 1.807) is 17.0 Å². The average Bonchev–Trinajstić information content (AvgIpc) is 3.12. The van der Waals surface area contributed by atoms with E-state index in [4.69, 9.17) is 10.5 Å². The first-order valence-corrected chi connectivity index (χ1v) is 10.3. The molecule has 1 atom stereocenters. The Morgan fingerprint density at radius 2 is 1.88 bits per heavy atom. The second-order valence-corrected chi connectivity index (χ2v) is 8.64. The summed E-state index contributed by atoms with van der Waals surface area (Å²) < 4.78 is 5.48. The van der Waals surface area contributed by atoms with Gasteiger partial charge in [-0.25, -0.2) is 4.79 Å². The number of nitrogens with two attached hydrogens (primary N) is 1.